The molecule has 0 aliphatic heterocycles. The molecule has 0 spiro atoms. The van der Waals surface area contributed by atoms with Crippen molar-refractivity contribution in [3.8, 4) is 5.75 Å². The predicted molar refractivity (Wildman–Crippen MR) is 75.4 cm³/mol. The molecule has 5 heteroatoms. The van der Waals surface area contributed by atoms with Gasteiger partial charge in [0.05, 0.1) is 17.9 Å². The molecule has 2 aromatic rings. The molecule has 1 atom stereocenters. The first-order valence-electron chi connectivity index (χ1n) is 6.48. The Morgan fingerprint density at radius 1 is 1.35 bits per heavy atom. The molecule has 104 valence electrons. The van der Waals surface area contributed by atoms with Crippen LogP contribution in [0.15, 0.2) is 36.7 Å². The lowest BCUT2D eigenvalue weighted by Crippen LogP contribution is -2.29. The lowest BCUT2D eigenvalue weighted by molar-refractivity contribution is 0.0929. The van der Waals surface area contributed by atoms with Crippen LogP contribution in [0.2, 0.25) is 0 Å². The van der Waals surface area contributed by atoms with Crippen molar-refractivity contribution in [1.82, 2.24) is 15.3 Å². The minimum atomic E-state index is -0.278. The fraction of sp³-hybridized carbons (Fsp3) is 0.267. The largest absolute Gasteiger partial charge is 0.506 e. The van der Waals surface area contributed by atoms with Crippen molar-refractivity contribution in [2.75, 3.05) is 0 Å². The Kier molecular flexibility index (Phi) is 4.30. The molecule has 2 heterocycles. The maximum atomic E-state index is 12.1. The van der Waals surface area contributed by atoms with Crippen molar-refractivity contribution in [3.63, 3.8) is 0 Å². The Balaban J connectivity index is 2.14. The second kappa shape index (κ2) is 6.14. The second-order valence-electron chi connectivity index (χ2n) is 4.59. The average Bonchev–Trinajstić information content (AvgIpc) is 2.45. The number of pyridine rings is 2. The number of hydrogen-bond donors (Lipinski definition) is 2. The van der Waals surface area contributed by atoms with Crippen LogP contribution in [-0.2, 0) is 0 Å². The number of hydrogen-bond acceptors (Lipinski definition) is 4. The number of aromatic nitrogens is 2. The number of aryl methyl sites for hydroxylation is 1. The highest BCUT2D eigenvalue weighted by Crippen LogP contribution is 2.16. The molecule has 1 amide bonds. The van der Waals surface area contributed by atoms with Crippen LogP contribution >= 0.6 is 0 Å². The van der Waals surface area contributed by atoms with Gasteiger partial charge in [-0.1, -0.05) is 6.92 Å². The zero-order chi connectivity index (χ0) is 14.5. The minimum absolute atomic E-state index is 0.0361. The van der Waals surface area contributed by atoms with Gasteiger partial charge in [-0.2, -0.15) is 0 Å². The van der Waals surface area contributed by atoms with Crippen LogP contribution in [-0.4, -0.2) is 21.0 Å². The lowest BCUT2D eigenvalue weighted by atomic mass is 10.1. The Morgan fingerprint density at radius 3 is 2.75 bits per heavy atom. The first-order chi connectivity index (χ1) is 9.60. The standard InChI is InChI=1S/C15H17N3O2/c1-3-12(14-8-10(2)6-7-16-14)18-15(20)13-5-4-11(19)9-17-13/h4-9,12,19H,3H2,1-2H3,(H,18,20)/t12-/m1/s1. The molecule has 20 heavy (non-hydrogen) atoms. The van der Waals surface area contributed by atoms with E-state index in [1.54, 1.807) is 6.20 Å². The summed E-state index contributed by atoms with van der Waals surface area (Å²) in [5.41, 5.74) is 2.21. The van der Waals surface area contributed by atoms with Crippen LogP contribution in [0.3, 0.4) is 0 Å². The van der Waals surface area contributed by atoms with E-state index >= 15 is 0 Å². The van der Waals surface area contributed by atoms with Gasteiger partial charge in [-0.25, -0.2) is 4.98 Å². The quantitative estimate of drug-likeness (QED) is 0.895. The first-order valence-corrected chi connectivity index (χ1v) is 6.48. The molecular weight excluding hydrogens is 254 g/mol. The third-order valence-electron chi connectivity index (χ3n) is 2.99. The molecule has 0 radical (unpaired) electrons. The monoisotopic (exact) mass is 271 g/mol. The number of aromatic hydroxyl groups is 1. The third-order valence-corrected chi connectivity index (χ3v) is 2.99. The van der Waals surface area contributed by atoms with E-state index in [0.717, 1.165) is 17.7 Å². The Bertz CT molecular complexity index is 596. The fourth-order valence-electron chi connectivity index (χ4n) is 1.89. The molecular formula is C15H17N3O2. The summed E-state index contributed by atoms with van der Waals surface area (Å²) in [6, 6.07) is 6.64. The number of nitrogens with one attached hydrogen (secondary N) is 1. The molecule has 2 aromatic heterocycles. The highest BCUT2D eigenvalue weighted by Gasteiger charge is 2.16. The van der Waals surface area contributed by atoms with Crippen molar-refractivity contribution in [2.24, 2.45) is 0 Å². The van der Waals surface area contributed by atoms with E-state index < -0.39 is 0 Å². The van der Waals surface area contributed by atoms with Crippen LogP contribution < -0.4 is 5.32 Å². The van der Waals surface area contributed by atoms with Gasteiger partial charge >= 0.3 is 0 Å². The first kappa shape index (κ1) is 14.0. The highest BCUT2D eigenvalue weighted by atomic mass is 16.3. The molecule has 0 unspecified atom stereocenters. The smallest absolute Gasteiger partial charge is 0.270 e. The fourth-order valence-corrected chi connectivity index (χ4v) is 1.89. The lowest BCUT2D eigenvalue weighted by Gasteiger charge is -2.16. The van der Waals surface area contributed by atoms with Gasteiger partial charge < -0.3 is 10.4 Å². The summed E-state index contributed by atoms with van der Waals surface area (Å²) in [5.74, 6) is -0.242. The number of nitrogens with zero attached hydrogens (tertiary/aromatic N) is 2. The van der Waals surface area contributed by atoms with Gasteiger partial charge in [0.25, 0.3) is 5.91 Å². The maximum Gasteiger partial charge on any atom is 0.270 e. The molecule has 5 nitrogen and oxygen atoms in total. The minimum Gasteiger partial charge on any atom is -0.506 e. The van der Waals surface area contributed by atoms with Crippen molar-refractivity contribution in [3.05, 3.63) is 53.6 Å². The third kappa shape index (κ3) is 3.32. The highest BCUT2D eigenvalue weighted by molar-refractivity contribution is 5.92. The summed E-state index contributed by atoms with van der Waals surface area (Å²) in [6.45, 7) is 3.97. The summed E-state index contributed by atoms with van der Waals surface area (Å²) in [7, 11) is 0. The van der Waals surface area contributed by atoms with E-state index in [-0.39, 0.29) is 23.4 Å². The van der Waals surface area contributed by atoms with Gasteiger partial charge in [-0.15, -0.1) is 0 Å². The van der Waals surface area contributed by atoms with E-state index in [2.05, 4.69) is 15.3 Å². The van der Waals surface area contributed by atoms with Crippen molar-refractivity contribution >= 4 is 5.91 Å². The van der Waals surface area contributed by atoms with Crippen molar-refractivity contribution in [2.45, 2.75) is 26.3 Å². The Labute approximate surface area is 117 Å². The van der Waals surface area contributed by atoms with E-state index in [4.69, 9.17) is 0 Å². The number of carbonyl (C=O) groups excluding carboxylic acids is 1. The van der Waals surface area contributed by atoms with Gasteiger partial charge in [0.15, 0.2) is 0 Å². The van der Waals surface area contributed by atoms with Crippen LogP contribution in [0.25, 0.3) is 0 Å². The molecule has 0 aliphatic carbocycles. The van der Waals surface area contributed by atoms with E-state index in [1.807, 2.05) is 26.0 Å². The van der Waals surface area contributed by atoms with Crippen LogP contribution in [0.5, 0.6) is 5.75 Å². The summed E-state index contributed by atoms with van der Waals surface area (Å²) in [5, 5.41) is 12.1. The average molecular weight is 271 g/mol. The normalized spacial score (nSPS) is 11.9. The molecule has 2 N–H and O–H groups in total. The molecule has 0 saturated carbocycles. The molecule has 0 aromatic carbocycles. The van der Waals surface area contributed by atoms with E-state index in [0.29, 0.717) is 0 Å². The number of amides is 1. The second-order valence-corrected chi connectivity index (χ2v) is 4.59. The SMILES string of the molecule is CC[C@@H](NC(=O)c1ccc(O)cn1)c1cc(C)ccn1. The summed E-state index contributed by atoms with van der Waals surface area (Å²) < 4.78 is 0. The molecule has 0 fully saturated rings. The van der Waals surface area contributed by atoms with Crippen LogP contribution in [0.1, 0.15) is 41.1 Å². The van der Waals surface area contributed by atoms with Gasteiger partial charge in [0, 0.05) is 6.20 Å². The topological polar surface area (TPSA) is 75.1 Å². The number of rotatable bonds is 4. The number of carbonyl (C=O) groups is 1. The summed E-state index contributed by atoms with van der Waals surface area (Å²) in [6.07, 6.45) is 3.72. The summed E-state index contributed by atoms with van der Waals surface area (Å²) in [4.78, 5) is 20.3. The van der Waals surface area contributed by atoms with Gasteiger partial charge in [-0.05, 0) is 43.2 Å². The maximum absolute atomic E-state index is 12.1. The van der Waals surface area contributed by atoms with Crippen molar-refractivity contribution in [1.29, 1.82) is 0 Å². The molecule has 0 aliphatic rings. The summed E-state index contributed by atoms with van der Waals surface area (Å²) >= 11 is 0. The zero-order valence-electron chi connectivity index (χ0n) is 11.5. The van der Waals surface area contributed by atoms with E-state index in [1.165, 1.54) is 18.3 Å². The molecule has 0 saturated heterocycles. The zero-order valence-corrected chi connectivity index (χ0v) is 11.5. The van der Waals surface area contributed by atoms with Gasteiger partial charge in [0.1, 0.15) is 11.4 Å². The predicted octanol–water partition coefficient (Wildman–Crippen LogP) is 2.37. The van der Waals surface area contributed by atoms with Gasteiger partial charge in [0.2, 0.25) is 0 Å². The molecule has 2 rings (SSSR count). The van der Waals surface area contributed by atoms with Crippen LogP contribution in [0.4, 0.5) is 0 Å². The Hall–Kier alpha value is -2.43. The Morgan fingerprint density at radius 2 is 2.15 bits per heavy atom. The van der Waals surface area contributed by atoms with E-state index in [9.17, 15) is 9.90 Å². The van der Waals surface area contributed by atoms with Crippen molar-refractivity contribution < 1.29 is 9.90 Å². The van der Waals surface area contributed by atoms with Gasteiger partial charge in [-0.3, -0.25) is 9.78 Å². The molecule has 0 bridgehead atoms. The van der Waals surface area contributed by atoms with Crippen LogP contribution in [0, 0.1) is 6.92 Å².